The van der Waals surface area contributed by atoms with Gasteiger partial charge in [-0.3, -0.25) is 5.10 Å². The van der Waals surface area contributed by atoms with Gasteiger partial charge >= 0.3 is 6.03 Å². The molecule has 0 saturated carbocycles. The van der Waals surface area contributed by atoms with E-state index in [-0.39, 0.29) is 16.6 Å². The molecule has 0 spiro atoms. The van der Waals surface area contributed by atoms with E-state index in [2.05, 4.69) is 20.8 Å². The Morgan fingerprint density at radius 2 is 2.00 bits per heavy atom. The maximum absolute atomic E-state index is 13.7. The van der Waals surface area contributed by atoms with Crippen molar-refractivity contribution in [1.82, 2.24) is 15.5 Å². The van der Waals surface area contributed by atoms with Crippen LogP contribution in [0, 0.1) is 18.6 Å². The Morgan fingerprint density at radius 3 is 2.52 bits per heavy atom. The normalized spacial score (nSPS) is 12.0. The molecule has 2 amide bonds. The Morgan fingerprint density at radius 1 is 1.35 bits per heavy atom. The van der Waals surface area contributed by atoms with Gasteiger partial charge in [0.05, 0.1) is 10.6 Å². The summed E-state index contributed by atoms with van der Waals surface area (Å²) in [6.07, 6.45) is 2.13. The molecule has 0 unspecified atom stereocenters. The van der Waals surface area contributed by atoms with Crippen LogP contribution in [0.4, 0.5) is 19.3 Å². The first-order valence-corrected chi connectivity index (χ1v) is 8.23. The van der Waals surface area contributed by atoms with Crippen molar-refractivity contribution in [2.24, 2.45) is 0 Å². The molecule has 1 aromatic carbocycles. The van der Waals surface area contributed by atoms with Crippen LogP contribution < -0.4 is 10.6 Å². The summed E-state index contributed by atoms with van der Waals surface area (Å²) >= 11 is 0.975. The van der Waals surface area contributed by atoms with Gasteiger partial charge < -0.3 is 10.6 Å². The summed E-state index contributed by atoms with van der Waals surface area (Å²) < 4.78 is 27.3. The van der Waals surface area contributed by atoms with Crippen LogP contribution in [-0.2, 0) is 6.42 Å². The summed E-state index contributed by atoms with van der Waals surface area (Å²) in [6.45, 7) is 3.71. The van der Waals surface area contributed by atoms with Crippen LogP contribution in [0.2, 0.25) is 0 Å². The van der Waals surface area contributed by atoms with Crippen molar-refractivity contribution in [3.63, 3.8) is 0 Å². The molecule has 5 nitrogen and oxygen atoms in total. The highest BCUT2D eigenvalue weighted by atomic mass is 32.2. The number of H-pyrrole nitrogens is 1. The number of nitrogens with zero attached hydrogens (tertiary/aromatic N) is 1. The second-order valence-electron chi connectivity index (χ2n) is 5.22. The van der Waals surface area contributed by atoms with Gasteiger partial charge in [0, 0.05) is 23.8 Å². The number of urea groups is 1. The topological polar surface area (TPSA) is 69.8 Å². The number of aromatic nitrogens is 2. The average molecular weight is 340 g/mol. The van der Waals surface area contributed by atoms with Gasteiger partial charge in [-0.1, -0.05) is 0 Å². The summed E-state index contributed by atoms with van der Waals surface area (Å²) in [5, 5.41) is 12.0. The zero-order chi connectivity index (χ0) is 17.0. The zero-order valence-electron chi connectivity index (χ0n) is 13.0. The van der Waals surface area contributed by atoms with Crippen molar-refractivity contribution in [3.8, 4) is 0 Å². The van der Waals surface area contributed by atoms with E-state index < -0.39 is 17.7 Å². The van der Waals surface area contributed by atoms with Crippen molar-refractivity contribution in [3.05, 3.63) is 41.2 Å². The van der Waals surface area contributed by atoms with Crippen molar-refractivity contribution in [2.75, 3.05) is 11.6 Å². The fraction of sp³-hybridized carbons (Fsp3) is 0.333. The minimum atomic E-state index is -0.701. The van der Waals surface area contributed by atoms with Gasteiger partial charge in [0.2, 0.25) is 0 Å². The predicted octanol–water partition coefficient (Wildman–Crippen LogP) is 3.47. The number of thioether (sulfide) groups is 1. The third-order valence-corrected chi connectivity index (χ3v) is 3.91. The summed E-state index contributed by atoms with van der Waals surface area (Å²) in [5.41, 5.74) is 1.84. The molecular weight excluding hydrogens is 322 g/mol. The number of halogens is 2. The number of hydrogen-bond donors (Lipinski definition) is 3. The number of amides is 2. The van der Waals surface area contributed by atoms with E-state index in [0.29, 0.717) is 6.42 Å². The molecule has 2 aromatic rings. The summed E-state index contributed by atoms with van der Waals surface area (Å²) in [4.78, 5) is 11.8. The minimum absolute atomic E-state index is 0.0677. The Bertz CT molecular complexity index is 682. The van der Waals surface area contributed by atoms with E-state index >= 15 is 0 Å². The maximum atomic E-state index is 13.7. The second-order valence-corrected chi connectivity index (χ2v) is 6.04. The number of anilines is 1. The molecule has 8 heteroatoms. The lowest BCUT2D eigenvalue weighted by molar-refractivity contribution is 0.249. The molecular formula is C15H18F2N4OS. The summed E-state index contributed by atoms with van der Waals surface area (Å²) in [7, 11) is 0. The largest absolute Gasteiger partial charge is 0.335 e. The number of benzene rings is 1. The van der Waals surface area contributed by atoms with Crippen LogP contribution in [0.3, 0.4) is 0 Å². The highest BCUT2D eigenvalue weighted by Crippen LogP contribution is 2.26. The molecule has 23 heavy (non-hydrogen) atoms. The van der Waals surface area contributed by atoms with Gasteiger partial charge in [-0.2, -0.15) is 5.10 Å². The molecule has 0 aliphatic heterocycles. The number of nitrogens with one attached hydrogen (secondary N) is 3. The van der Waals surface area contributed by atoms with Crippen LogP contribution in [0.5, 0.6) is 0 Å². The number of rotatable bonds is 5. The molecule has 2 rings (SSSR count). The number of carbonyl (C=O) groups is 1. The van der Waals surface area contributed by atoms with E-state index in [9.17, 15) is 13.6 Å². The zero-order valence-corrected chi connectivity index (χ0v) is 13.9. The molecule has 0 saturated heterocycles. The number of carbonyl (C=O) groups excluding carboxylic acids is 1. The third kappa shape index (κ3) is 4.69. The molecule has 0 fully saturated rings. The smallest absolute Gasteiger partial charge is 0.319 e. The Hall–Kier alpha value is -2.09. The van der Waals surface area contributed by atoms with Crippen LogP contribution in [-0.4, -0.2) is 28.5 Å². The van der Waals surface area contributed by atoms with Crippen LogP contribution in [0.25, 0.3) is 0 Å². The number of aromatic amines is 1. The van der Waals surface area contributed by atoms with E-state index in [1.54, 1.807) is 6.26 Å². The number of aryl methyl sites for hydroxylation is 1. The standard InChI is InChI=1S/C15H18F2N4OS/c1-8(4-11-5-9(2)20-21-11)18-15(22)19-10-6-12(16)14(23-3)13(17)7-10/h5-8H,4H2,1-3H3,(H,20,21)(H2,18,19,22)/t8-/m0/s1. The molecule has 0 radical (unpaired) electrons. The van der Waals surface area contributed by atoms with Gasteiger partial charge in [0.1, 0.15) is 11.6 Å². The third-order valence-electron chi connectivity index (χ3n) is 3.11. The molecule has 3 N–H and O–H groups in total. The van der Waals surface area contributed by atoms with Crippen molar-refractivity contribution >= 4 is 23.5 Å². The first-order valence-electron chi connectivity index (χ1n) is 7.00. The predicted molar refractivity (Wildman–Crippen MR) is 86.8 cm³/mol. The van der Waals surface area contributed by atoms with E-state index in [1.165, 1.54) is 0 Å². The lowest BCUT2D eigenvalue weighted by Crippen LogP contribution is -2.37. The highest BCUT2D eigenvalue weighted by molar-refractivity contribution is 7.98. The van der Waals surface area contributed by atoms with Gasteiger partial charge in [-0.15, -0.1) is 11.8 Å². The van der Waals surface area contributed by atoms with E-state index in [4.69, 9.17) is 0 Å². The highest BCUT2D eigenvalue weighted by Gasteiger charge is 2.13. The molecule has 1 heterocycles. The Kier molecular flexibility index (Phi) is 5.59. The monoisotopic (exact) mass is 340 g/mol. The van der Waals surface area contributed by atoms with Crippen LogP contribution in [0.15, 0.2) is 23.1 Å². The fourth-order valence-electron chi connectivity index (χ4n) is 2.16. The Balaban J connectivity index is 1.94. The van der Waals surface area contributed by atoms with Crippen LogP contribution >= 0.6 is 11.8 Å². The molecule has 1 aromatic heterocycles. The lowest BCUT2D eigenvalue weighted by atomic mass is 10.2. The Labute approximate surface area is 137 Å². The second kappa shape index (κ2) is 7.45. The van der Waals surface area contributed by atoms with Gasteiger partial charge in [0.15, 0.2) is 0 Å². The molecule has 1 atom stereocenters. The van der Waals surface area contributed by atoms with Gasteiger partial charge in [-0.05, 0) is 38.3 Å². The molecule has 124 valence electrons. The summed E-state index contributed by atoms with van der Waals surface area (Å²) in [6, 6.07) is 3.37. The van der Waals surface area contributed by atoms with Gasteiger partial charge in [-0.25, -0.2) is 13.6 Å². The lowest BCUT2D eigenvalue weighted by Gasteiger charge is -2.14. The SMILES string of the molecule is CSc1c(F)cc(NC(=O)N[C@@H](C)Cc2cc(C)[nH]n2)cc1F. The average Bonchev–Trinajstić information content (AvgIpc) is 2.83. The molecule has 0 aliphatic rings. The summed E-state index contributed by atoms with van der Waals surface area (Å²) in [5.74, 6) is -1.40. The first-order chi connectivity index (χ1) is 10.9. The molecule has 0 bridgehead atoms. The molecule has 0 aliphatic carbocycles. The van der Waals surface area contributed by atoms with Crippen LogP contribution in [0.1, 0.15) is 18.3 Å². The van der Waals surface area contributed by atoms with Crippen molar-refractivity contribution in [2.45, 2.75) is 31.2 Å². The van der Waals surface area contributed by atoms with Crippen molar-refractivity contribution in [1.29, 1.82) is 0 Å². The quantitative estimate of drug-likeness (QED) is 0.730. The van der Waals surface area contributed by atoms with E-state index in [0.717, 1.165) is 35.3 Å². The van der Waals surface area contributed by atoms with Crippen molar-refractivity contribution < 1.29 is 13.6 Å². The number of hydrogen-bond acceptors (Lipinski definition) is 3. The fourth-order valence-corrected chi connectivity index (χ4v) is 2.67. The van der Waals surface area contributed by atoms with E-state index in [1.807, 2.05) is 19.9 Å². The van der Waals surface area contributed by atoms with Gasteiger partial charge in [0.25, 0.3) is 0 Å². The minimum Gasteiger partial charge on any atom is -0.335 e. The maximum Gasteiger partial charge on any atom is 0.319 e. The first kappa shape index (κ1) is 17.3.